The normalized spacial score (nSPS) is 18.5. The van der Waals surface area contributed by atoms with Gasteiger partial charge < -0.3 is 19.7 Å². The molecule has 4 rings (SSSR count). The number of cyclic esters (lactones) is 1. The highest BCUT2D eigenvalue weighted by molar-refractivity contribution is 5.90. The zero-order chi connectivity index (χ0) is 24.8. The Morgan fingerprint density at radius 2 is 2.14 bits per heavy atom. The average Bonchev–Trinajstić information content (AvgIpc) is 3.40. The predicted molar refractivity (Wildman–Crippen MR) is 122 cm³/mol. The molecule has 1 atom stereocenters. The molecule has 1 aromatic carbocycles. The van der Waals surface area contributed by atoms with E-state index in [1.165, 1.54) is 23.0 Å². The second kappa shape index (κ2) is 11.2. The van der Waals surface area contributed by atoms with Gasteiger partial charge in [-0.15, -0.1) is 0 Å². The first kappa shape index (κ1) is 24.5. The summed E-state index contributed by atoms with van der Waals surface area (Å²) >= 11 is 0. The fraction of sp³-hybridized carbons (Fsp3) is 0.500. The molecule has 0 radical (unpaired) electrons. The molecule has 0 bridgehead atoms. The molecule has 2 amide bonds. The van der Waals surface area contributed by atoms with Gasteiger partial charge in [-0.05, 0) is 31.5 Å². The van der Waals surface area contributed by atoms with Gasteiger partial charge in [0.25, 0.3) is 5.91 Å². The van der Waals surface area contributed by atoms with E-state index in [4.69, 9.17) is 9.57 Å². The Kier molecular flexibility index (Phi) is 7.87. The van der Waals surface area contributed by atoms with Crippen LogP contribution in [0.2, 0.25) is 0 Å². The highest BCUT2D eigenvalue weighted by Crippen LogP contribution is 2.29. The zero-order valence-corrected chi connectivity index (χ0v) is 19.4. The van der Waals surface area contributed by atoms with Crippen LogP contribution < -0.4 is 15.1 Å². The molecule has 3 heterocycles. The minimum Gasteiger partial charge on any atom is -0.444 e. The number of aromatic amines is 1. The van der Waals surface area contributed by atoms with E-state index in [1.54, 1.807) is 23.2 Å². The SMILES string of the molecule is CC(=O)CC[C@H]1CN(c2ccc(N3CCON(C(=O)CNCc4cn[nH]n4)CC3)c(F)c2)C(=O)O1. The molecular weight excluding hydrogens is 461 g/mol. The molecule has 2 aromatic rings. The first-order valence-corrected chi connectivity index (χ1v) is 11.4. The first-order chi connectivity index (χ1) is 16.9. The van der Waals surface area contributed by atoms with E-state index in [9.17, 15) is 14.4 Å². The first-order valence-electron chi connectivity index (χ1n) is 11.4. The monoisotopic (exact) mass is 489 g/mol. The molecule has 2 aliphatic heterocycles. The highest BCUT2D eigenvalue weighted by atomic mass is 19.1. The number of H-pyrrole nitrogens is 1. The molecule has 12 nitrogen and oxygen atoms in total. The summed E-state index contributed by atoms with van der Waals surface area (Å²) in [5.41, 5.74) is 1.44. The van der Waals surface area contributed by atoms with Crippen LogP contribution in [0.4, 0.5) is 20.6 Å². The fourth-order valence-electron chi connectivity index (χ4n) is 3.95. The summed E-state index contributed by atoms with van der Waals surface area (Å²) in [5, 5.41) is 14.4. The van der Waals surface area contributed by atoms with Crippen molar-refractivity contribution in [2.45, 2.75) is 32.4 Å². The van der Waals surface area contributed by atoms with E-state index >= 15 is 4.39 Å². The molecule has 0 aliphatic carbocycles. The molecule has 0 saturated carbocycles. The van der Waals surface area contributed by atoms with Gasteiger partial charge in [0.05, 0.1) is 49.5 Å². The second-order valence-electron chi connectivity index (χ2n) is 8.37. The Morgan fingerprint density at radius 3 is 2.89 bits per heavy atom. The Morgan fingerprint density at radius 1 is 1.29 bits per heavy atom. The molecule has 2 N–H and O–H groups in total. The van der Waals surface area contributed by atoms with Gasteiger partial charge in [-0.3, -0.25) is 14.5 Å². The van der Waals surface area contributed by atoms with Gasteiger partial charge in [0, 0.05) is 26.1 Å². The van der Waals surface area contributed by atoms with Gasteiger partial charge >= 0.3 is 6.09 Å². The molecule has 0 unspecified atom stereocenters. The van der Waals surface area contributed by atoms with Crippen molar-refractivity contribution in [3.8, 4) is 0 Å². The molecule has 0 spiro atoms. The van der Waals surface area contributed by atoms with E-state index < -0.39 is 18.0 Å². The number of rotatable bonds is 9. The third-order valence-corrected chi connectivity index (χ3v) is 5.78. The Bertz CT molecular complexity index is 1050. The third kappa shape index (κ3) is 6.31. The number of hydrogen-bond acceptors (Lipinski definition) is 9. The molecule has 2 aliphatic rings. The maximum atomic E-state index is 15.0. The molecule has 35 heavy (non-hydrogen) atoms. The lowest BCUT2D eigenvalue weighted by atomic mass is 10.1. The summed E-state index contributed by atoms with van der Waals surface area (Å²) in [7, 11) is 0. The van der Waals surface area contributed by atoms with Crippen LogP contribution in [0, 0.1) is 5.82 Å². The number of ether oxygens (including phenoxy) is 1. The van der Waals surface area contributed by atoms with Crippen LogP contribution in [-0.2, 0) is 25.7 Å². The van der Waals surface area contributed by atoms with Crippen LogP contribution >= 0.6 is 0 Å². The number of carbonyl (C=O) groups is 3. The lowest BCUT2D eigenvalue weighted by molar-refractivity contribution is -0.180. The number of carbonyl (C=O) groups excluding carboxylic acids is 3. The number of aromatic nitrogens is 3. The lowest BCUT2D eigenvalue weighted by Gasteiger charge is -2.24. The van der Waals surface area contributed by atoms with Crippen LogP contribution in [0.1, 0.15) is 25.5 Å². The van der Waals surface area contributed by atoms with Crippen LogP contribution in [0.5, 0.6) is 0 Å². The summed E-state index contributed by atoms with van der Waals surface area (Å²) in [4.78, 5) is 44.6. The lowest BCUT2D eigenvalue weighted by Crippen LogP contribution is -2.39. The Labute approximate surface area is 201 Å². The van der Waals surface area contributed by atoms with Gasteiger partial charge in [0.1, 0.15) is 17.7 Å². The van der Waals surface area contributed by atoms with E-state index in [1.807, 2.05) is 0 Å². The third-order valence-electron chi connectivity index (χ3n) is 5.78. The number of halogens is 1. The summed E-state index contributed by atoms with van der Waals surface area (Å²) in [6, 6.07) is 4.57. The fourth-order valence-corrected chi connectivity index (χ4v) is 3.95. The molecule has 1 aromatic heterocycles. The Hall–Kier alpha value is -3.58. The number of hydroxylamine groups is 2. The quantitative estimate of drug-likeness (QED) is 0.529. The molecular formula is C22H28FN7O5. The summed E-state index contributed by atoms with van der Waals surface area (Å²) in [6.07, 6.45) is 1.38. The number of amides is 2. The van der Waals surface area contributed by atoms with Crippen molar-refractivity contribution in [1.29, 1.82) is 0 Å². The highest BCUT2D eigenvalue weighted by Gasteiger charge is 2.33. The van der Waals surface area contributed by atoms with Crippen LogP contribution in [0.25, 0.3) is 0 Å². The number of hydrogen-bond donors (Lipinski definition) is 2. The second-order valence-corrected chi connectivity index (χ2v) is 8.37. The maximum absolute atomic E-state index is 15.0. The topological polar surface area (TPSA) is 133 Å². The van der Waals surface area contributed by atoms with Gasteiger partial charge in [-0.1, -0.05) is 0 Å². The molecule has 188 valence electrons. The van der Waals surface area contributed by atoms with Crippen LogP contribution in [-0.4, -0.2) is 83.7 Å². The van der Waals surface area contributed by atoms with Gasteiger partial charge in [-0.25, -0.2) is 14.2 Å². The van der Waals surface area contributed by atoms with Crippen molar-refractivity contribution < 1.29 is 28.3 Å². The van der Waals surface area contributed by atoms with Crippen LogP contribution in [0.3, 0.4) is 0 Å². The standard InChI is InChI=1S/C22H28FN7O5/c1-15(31)2-4-18-14-29(22(33)35-18)17-3-5-20(19(23)10-17)28-6-7-30(34-9-8-28)21(32)13-24-11-16-12-25-27-26-16/h3,5,10,12,18,24H,2,4,6-9,11,13-14H2,1H3,(H,25,26,27)/t18-/m0/s1. The van der Waals surface area contributed by atoms with Crippen molar-refractivity contribution in [3.05, 3.63) is 35.9 Å². The van der Waals surface area contributed by atoms with E-state index in [0.29, 0.717) is 49.5 Å². The summed E-state index contributed by atoms with van der Waals surface area (Å²) < 4.78 is 20.3. The number of anilines is 2. The smallest absolute Gasteiger partial charge is 0.414 e. The molecule has 2 saturated heterocycles. The van der Waals surface area contributed by atoms with Crippen molar-refractivity contribution in [2.75, 3.05) is 49.1 Å². The van der Waals surface area contributed by atoms with Gasteiger partial charge in [-0.2, -0.15) is 15.4 Å². The number of nitrogens with one attached hydrogen (secondary N) is 2. The summed E-state index contributed by atoms with van der Waals surface area (Å²) in [6.45, 7) is 3.47. The molecule has 2 fully saturated rings. The predicted octanol–water partition coefficient (Wildman–Crippen LogP) is 1.01. The van der Waals surface area contributed by atoms with Gasteiger partial charge in [0.2, 0.25) is 0 Å². The molecule has 13 heteroatoms. The number of ketones is 1. The van der Waals surface area contributed by atoms with Gasteiger partial charge in [0.15, 0.2) is 0 Å². The number of nitrogens with zero attached hydrogens (tertiary/aromatic N) is 5. The van der Waals surface area contributed by atoms with Crippen molar-refractivity contribution >= 4 is 29.2 Å². The Balaban J connectivity index is 1.31. The van der Waals surface area contributed by atoms with E-state index in [2.05, 4.69) is 20.7 Å². The average molecular weight is 490 g/mol. The zero-order valence-electron chi connectivity index (χ0n) is 19.4. The van der Waals surface area contributed by atoms with E-state index in [0.717, 1.165) is 0 Å². The minimum absolute atomic E-state index is 0.0272. The number of Topliss-reactive ketones (excluding diaryl/α,β-unsaturated/α-hetero) is 1. The maximum Gasteiger partial charge on any atom is 0.414 e. The van der Waals surface area contributed by atoms with Crippen molar-refractivity contribution in [1.82, 2.24) is 25.8 Å². The number of benzene rings is 1. The van der Waals surface area contributed by atoms with Crippen molar-refractivity contribution in [3.63, 3.8) is 0 Å². The van der Waals surface area contributed by atoms with Crippen molar-refractivity contribution in [2.24, 2.45) is 0 Å². The minimum atomic E-state index is -0.555. The summed E-state index contributed by atoms with van der Waals surface area (Å²) in [5.74, 6) is -0.700. The van der Waals surface area contributed by atoms with E-state index in [-0.39, 0.29) is 37.9 Å². The van der Waals surface area contributed by atoms with Crippen LogP contribution in [0.15, 0.2) is 24.4 Å². The largest absolute Gasteiger partial charge is 0.444 e.